The summed E-state index contributed by atoms with van der Waals surface area (Å²) >= 11 is 0. The lowest BCUT2D eigenvalue weighted by atomic mass is 10.0. The molecule has 4 heteroatoms. The topological polar surface area (TPSA) is 43.8 Å². The van der Waals surface area contributed by atoms with Gasteiger partial charge in [-0.3, -0.25) is 9.69 Å². The Hall–Kier alpha value is -2.33. The Kier molecular flexibility index (Phi) is 5.39. The lowest BCUT2D eigenvalue weighted by Gasteiger charge is -2.31. The number of hydrogen-bond donors (Lipinski definition) is 1. The quantitative estimate of drug-likeness (QED) is 0.897. The van der Waals surface area contributed by atoms with Gasteiger partial charge in [0.2, 0.25) is 5.91 Å². The van der Waals surface area contributed by atoms with Crippen LogP contribution in [0.5, 0.6) is 5.75 Å². The number of benzene rings is 2. The molecule has 1 saturated heterocycles. The van der Waals surface area contributed by atoms with Crippen molar-refractivity contribution in [2.75, 3.05) is 18.0 Å². The van der Waals surface area contributed by atoms with E-state index in [2.05, 4.69) is 4.90 Å². The minimum atomic E-state index is 0.115. The van der Waals surface area contributed by atoms with Crippen LogP contribution in [0, 0.1) is 0 Å². The molecule has 0 aromatic heterocycles. The first-order valence-electron chi connectivity index (χ1n) is 8.96. The van der Waals surface area contributed by atoms with Crippen molar-refractivity contribution in [1.29, 1.82) is 0 Å². The number of rotatable bonds is 5. The van der Waals surface area contributed by atoms with Gasteiger partial charge < -0.3 is 10.0 Å². The van der Waals surface area contributed by atoms with E-state index in [1.54, 1.807) is 12.1 Å². The van der Waals surface area contributed by atoms with Gasteiger partial charge in [0.25, 0.3) is 0 Å². The van der Waals surface area contributed by atoms with Crippen molar-refractivity contribution >= 4 is 11.6 Å². The van der Waals surface area contributed by atoms with Crippen LogP contribution in [-0.2, 0) is 4.79 Å². The highest BCUT2D eigenvalue weighted by molar-refractivity contribution is 5.95. The third-order valence-electron chi connectivity index (χ3n) is 4.80. The van der Waals surface area contributed by atoms with E-state index in [1.807, 2.05) is 61.2 Å². The molecule has 0 saturated carbocycles. The summed E-state index contributed by atoms with van der Waals surface area (Å²) in [6.45, 7) is 5.44. The fourth-order valence-corrected chi connectivity index (χ4v) is 3.66. The molecule has 1 heterocycles. The number of amides is 1. The maximum Gasteiger partial charge on any atom is 0.241 e. The number of hydrogen-bond acceptors (Lipinski definition) is 3. The predicted octanol–water partition coefficient (Wildman–Crippen LogP) is 3.97. The van der Waals surface area contributed by atoms with Crippen molar-refractivity contribution < 1.29 is 9.90 Å². The van der Waals surface area contributed by atoms with Gasteiger partial charge in [-0.1, -0.05) is 30.3 Å². The standard InChI is InChI=1S/C21H26N2O2/c1-16(2)23(18-7-4-3-5-8-18)21(25)15-22-14-6-9-20(22)17-10-12-19(24)13-11-17/h3-5,7-8,10-13,16,20,24H,6,9,14-15H2,1-2H3/t20-/m0/s1. The second-order valence-electron chi connectivity index (χ2n) is 6.91. The minimum Gasteiger partial charge on any atom is -0.508 e. The van der Waals surface area contributed by atoms with Crippen molar-refractivity contribution in [2.24, 2.45) is 0 Å². The lowest BCUT2D eigenvalue weighted by molar-refractivity contribution is -0.120. The third kappa shape index (κ3) is 4.02. The van der Waals surface area contributed by atoms with Gasteiger partial charge in [-0.25, -0.2) is 0 Å². The molecular formula is C21H26N2O2. The highest BCUT2D eigenvalue weighted by Crippen LogP contribution is 2.32. The summed E-state index contributed by atoms with van der Waals surface area (Å²) in [7, 11) is 0. The second-order valence-corrected chi connectivity index (χ2v) is 6.91. The van der Waals surface area contributed by atoms with Gasteiger partial charge in [-0.05, 0) is 63.1 Å². The molecule has 1 atom stereocenters. The molecule has 132 valence electrons. The second kappa shape index (κ2) is 7.70. The van der Waals surface area contributed by atoms with Crippen molar-refractivity contribution in [3.05, 3.63) is 60.2 Å². The molecule has 4 nitrogen and oxygen atoms in total. The molecule has 1 aliphatic rings. The van der Waals surface area contributed by atoms with Crippen molar-refractivity contribution in [2.45, 2.75) is 38.8 Å². The van der Waals surface area contributed by atoms with Crippen LogP contribution in [0.15, 0.2) is 54.6 Å². The van der Waals surface area contributed by atoms with Crippen LogP contribution < -0.4 is 4.90 Å². The summed E-state index contributed by atoms with van der Waals surface area (Å²) in [5.41, 5.74) is 2.11. The lowest BCUT2D eigenvalue weighted by Crippen LogP contribution is -2.43. The van der Waals surface area contributed by atoms with Crippen LogP contribution in [0.2, 0.25) is 0 Å². The largest absolute Gasteiger partial charge is 0.508 e. The molecule has 3 rings (SSSR count). The monoisotopic (exact) mass is 338 g/mol. The summed E-state index contributed by atoms with van der Waals surface area (Å²) in [6.07, 6.45) is 2.14. The average molecular weight is 338 g/mol. The van der Waals surface area contributed by atoms with Gasteiger partial charge in [-0.15, -0.1) is 0 Å². The number of likely N-dealkylation sites (tertiary alicyclic amines) is 1. The van der Waals surface area contributed by atoms with Crippen LogP contribution in [-0.4, -0.2) is 35.0 Å². The van der Waals surface area contributed by atoms with Gasteiger partial charge in [0.1, 0.15) is 5.75 Å². The van der Waals surface area contributed by atoms with Crippen molar-refractivity contribution in [1.82, 2.24) is 4.90 Å². The molecule has 25 heavy (non-hydrogen) atoms. The Labute approximate surface area is 149 Å². The predicted molar refractivity (Wildman–Crippen MR) is 101 cm³/mol. The average Bonchev–Trinajstić information content (AvgIpc) is 3.04. The number of aromatic hydroxyl groups is 1. The molecule has 1 amide bonds. The smallest absolute Gasteiger partial charge is 0.241 e. The first-order valence-corrected chi connectivity index (χ1v) is 8.96. The Morgan fingerprint density at radius 3 is 2.48 bits per heavy atom. The molecule has 0 radical (unpaired) electrons. The van der Waals surface area contributed by atoms with E-state index in [9.17, 15) is 9.90 Å². The highest BCUT2D eigenvalue weighted by Gasteiger charge is 2.30. The van der Waals surface area contributed by atoms with Crippen LogP contribution >= 0.6 is 0 Å². The molecule has 1 fully saturated rings. The number of carbonyl (C=O) groups is 1. The van der Waals surface area contributed by atoms with Gasteiger partial charge >= 0.3 is 0 Å². The maximum absolute atomic E-state index is 13.0. The van der Waals surface area contributed by atoms with E-state index in [0.29, 0.717) is 6.54 Å². The van der Waals surface area contributed by atoms with Gasteiger partial charge in [0, 0.05) is 17.8 Å². The summed E-state index contributed by atoms with van der Waals surface area (Å²) in [6, 6.07) is 17.6. The molecule has 1 N–H and O–H groups in total. The molecular weight excluding hydrogens is 312 g/mol. The van der Waals surface area contributed by atoms with E-state index in [4.69, 9.17) is 0 Å². The first kappa shape index (κ1) is 17.5. The number of para-hydroxylation sites is 1. The fourth-order valence-electron chi connectivity index (χ4n) is 3.66. The normalized spacial score (nSPS) is 17.8. The SMILES string of the molecule is CC(C)N(C(=O)CN1CCC[C@H]1c1ccc(O)cc1)c1ccccc1. The van der Waals surface area contributed by atoms with E-state index in [0.717, 1.165) is 25.1 Å². The Morgan fingerprint density at radius 1 is 1.16 bits per heavy atom. The van der Waals surface area contributed by atoms with Gasteiger partial charge in [0.05, 0.1) is 6.54 Å². The zero-order chi connectivity index (χ0) is 17.8. The van der Waals surface area contributed by atoms with Crippen molar-refractivity contribution in [3.8, 4) is 5.75 Å². The molecule has 0 unspecified atom stereocenters. The number of nitrogens with zero attached hydrogens (tertiary/aromatic N) is 2. The number of phenolic OH excluding ortho intramolecular Hbond substituents is 1. The molecule has 0 bridgehead atoms. The first-order chi connectivity index (χ1) is 12.1. The summed E-state index contributed by atoms with van der Waals surface area (Å²) in [5, 5.41) is 9.50. The molecule has 0 aliphatic carbocycles. The third-order valence-corrected chi connectivity index (χ3v) is 4.80. The van der Waals surface area contributed by atoms with E-state index < -0.39 is 0 Å². The Morgan fingerprint density at radius 2 is 1.84 bits per heavy atom. The van der Waals surface area contributed by atoms with Crippen LogP contribution in [0.25, 0.3) is 0 Å². The Bertz CT molecular complexity index is 698. The number of anilines is 1. The Balaban J connectivity index is 1.75. The van der Waals surface area contributed by atoms with Crippen LogP contribution in [0.1, 0.15) is 38.3 Å². The van der Waals surface area contributed by atoms with Crippen molar-refractivity contribution in [3.63, 3.8) is 0 Å². The van der Waals surface area contributed by atoms with E-state index in [-0.39, 0.29) is 23.7 Å². The zero-order valence-corrected chi connectivity index (χ0v) is 14.9. The summed E-state index contributed by atoms with van der Waals surface area (Å²) < 4.78 is 0. The van der Waals surface area contributed by atoms with Crippen LogP contribution in [0.3, 0.4) is 0 Å². The summed E-state index contributed by atoms with van der Waals surface area (Å²) in [5.74, 6) is 0.409. The van der Waals surface area contributed by atoms with E-state index in [1.165, 1.54) is 5.56 Å². The fraction of sp³-hybridized carbons (Fsp3) is 0.381. The number of phenols is 1. The maximum atomic E-state index is 13.0. The van der Waals surface area contributed by atoms with E-state index >= 15 is 0 Å². The molecule has 1 aliphatic heterocycles. The number of carbonyl (C=O) groups excluding carboxylic acids is 1. The molecule has 0 spiro atoms. The highest BCUT2D eigenvalue weighted by atomic mass is 16.3. The van der Waals surface area contributed by atoms with Crippen LogP contribution in [0.4, 0.5) is 5.69 Å². The minimum absolute atomic E-state index is 0.115. The van der Waals surface area contributed by atoms with Gasteiger partial charge in [-0.2, -0.15) is 0 Å². The zero-order valence-electron chi connectivity index (χ0n) is 14.9. The van der Waals surface area contributed by atoms with Gasteiger partial charge in [0.15, 0.2) is 0 Å². The molecule has 2 aromatic rings. The summed E-state index contributed by atoms with van der Waals surface area (Å²) in [4.78, 5) is 17.2. The molecule has 2 aromatic carbocycles.